The van der Waals surface area contributed by atoms with Gasteiger partial charge in [0.1, 0.15) is 5.54 Å². The van der Waals surface area contributed by atoms with Crippen molar-refractivity contribution in [3.8, 4) is 0 Å². The highest BCUT2D eigenvalue weighted by Crippen LogP contribution is 2.34. The third-order valence-electron chi connectivity index (χ3n) is 4.44. The number of amides is 2. The number of nitrogens with zero attached hydrogens (tertiary/aromatic N) is 2. The molecule has 2 aliphatic heterocycles. The molecule has 2 N–H and O–H groups in total. The van der Waals surface area contributed by atoms with Gasteiger partial charge in [0.15, 0.2) is 0 Å². The first-order chi connectivity index (χ1) is 9.01. The molecule has 6 heteroatoms. The van der Waals surface area contributed by atoms with Gasteiger partial charge in [-0.25, -0.2) is 9.59 Å². The second-order valence-corrected chi connectivity index (χ2v) is 5.45. The summed E-state index contributed by atoms with van der Waals surface area (Å²) in [7, 11) is 0. The number of carboxylic acid groups (broad SMARTS) is 1. The predicted molar refractivity (Wildman–Crippen MR) is 68.8 cm³/mol. The largest absolute Gasteiger partial charge is 0.479 e. The van der Waals surface area contributed by atoms with Crippen molar-refractivity contribution in [3.63, 3.8) is 0 Å². The molecule has 2 aliphatic rings. The van der Waals surface area contributed by atoms with Crippen LogP contribution in [0.1, 0.15) is 39.0 Å². The minimum atomic E-state index is -1.03. The second kappa shape index (κ2) is 5.36. The van der Waals surface area contributed by atoms with Crippen LogP contribution in [0.15, 0.2) is 0 Å². The van der Waals surface area contributed by atoms with Crippen LogP contribution in [0.25, 0.3) is 0 Å². The molecule has 0 spiro atoms. The Labute approximate surface area is 113 Å². The summed E-state index contributed by atoms with van der Waals surface area (Å²) in [6.07, 6.45) is 2.52. The van der Waals surface area contributed by atoms with Gasteiger partial charge in [-0.2, -0.15) is 0 Å². The highest BCUT2D eigenvalue weighted by Gasteiger charge is 2.49. The maximum atomic E-state index is 12.5. The van der Waals surface area contributed by atoms with E-state index in [1.807, 2.05) is 6.92 Å². The average Bonchev–Trinajstić information content (AvgIpc) is 2.83. The van der Waals surface area contributed by atoms with E-state index < -0.39 is 11.5 Å². The fourth-order valence-electron chi connectivity index (χ4n) is 3.13. The fraction of sp³-hybridized carbons (Fsp3) is 0.846. The van der Waals surface area contributed by atoms with Gasteiger partial charge in [0, 0.05) is 19.6 Å². The van der Waals surface area contributed by atoms with E-state index in [4.69, 9.17) is 0 Å². The molecule has 0 bridgehead atoms. The molecule has 0 saturated carbocycles. The molecule has 2 saturated heterocycles. The fourth-order valence-corrected chi connectivity index (χ4v) is 3.13. The number of piperidine rings is 1. The molecule has 6 nitrogen and oxygen atoms in total. The zero-order chi connectivity index (χ0) is 14.0. The highest BCUT2D eigenvalue weighted by atomic mass is 16.4. The van der Waals surface area contributed by atoms with Crippen LogP contribution in [0, 0.1) is 0 Å². The Morgan fingerprint density at radius 1 is 1.26 bits per heavy atom. The van der Waals surface area contributed by atoms with Crippen LogP contribution in [0.5, 0.6) is 0 Å². The van der Waals surface area contributed by atoms with Gasteiger partial charge in [0.2, 0.25) is 0 Å². The van der Waals surface area contributed by atoms with Crippen LogP contribution < -0.4 is 0 Å². The Balaban J connectivity index is 2.11. The first kappa shape index (κ1) is 14.1. The van der Waals surface area contributed by atoms with Gasteiger partial charge in [-0.15, -0.1) is 0 Å². The maximum absolute atomic E-state index is 12.5. The lowest BCUT2D eigenvalue weighted by atomic mass is 9.93. The lowest BCUT2D eigenvalue weighted by Gasteiger charge is -2.39. The molecule has 0 radical (unpaired) electrons. The summed E-state index contributed by atoms with van der Waals surface area (Å²) in [5.41, 5.74) is -1.03. The minimum absolute atomic E-state index is 0.186. The first-order valence-corrected chi connectivity index (χ1v) is 6.99. The number of carbonyl (C=O) groups is 2. The molecule has 1 atom stereocenters. The SMILES string of the molecule is CCC1(C(=O)O)CCCN1C(=O)N1CCC(O)CC1. The normalized spacial score (nSPS) is 28.7. The number of hydrogen-bond donors (Lipinski definition) is 2. The zero-order valence-corrected chi connectivity index (χ0v) is 11.3. The first-order valence-electron chi connectivity index (χ1n) is 6.99. The molecule has 2 rings (SSSR count). The third kappa shape index (κ3) is 2.41. The molecular weight excluding hydrogens is 248 g/mol. The standard InChI is InChI=1S/C13H22N2O4/c1-2-13(11(17)18)6-3-7-15(13)12(19)14-8-4-10(16)5-9-14/h10,16H,2-9H2,1H3,(H,17,18). The van der Waals surface area contributed by atoms with E-state index in [1.165, 1.54) is 4.90 Å². The molecule has 108 valence electrons. The van der Waals surface area contributed by atoms with Crippen molar-refractivity contribution < 1.29 is 19.8 Å². The van der Waals surface area contributed by atoms with Gasteiger partial charge < -0.3 is 20.0 Å². The molecule has 2 fully saturated rings. The Morgan fingerprint density at radius 3 is 2.42 bits per heavy atom. The van der Waals surface area contributed by atoms with Crippen molar-refractivity contribution in [3.05, 3.63) is 0 Å². The van der Waals surface area contributed by atoms with Crippen LogP contribution in [-0.2, 0) is 4.79 Å². The number of urea groups is 1. The predicted octanol–water partition coefficient (Wildman–Crippen LogP) is 0.892. The van der Waals surface area contributed by atoms with Crippen molar-refractivity contribution >= 4 is 12.0 Å². The number of rotatable bonds is 2. The van der Waals surface area contributed by atoms with Crippen LogP contribution in [0.4, 0.5) is 4.79 Å². The van der Waals surface area contributed by atoms with E-state index in [2.05, 4.69) is 0 Å². The maximum Gasteiger partial charge on any atom is 0.329 e. The summed E-state index contributed by atoms with van der Waals surface area (Å²) in [6.45, 7) is 3.35. The number of aliphatic hydroxyl groups excluding tert-OH is 1. The summed E-state index contributed by atoms with van der Waals surface area (Å²) >= 11 is 0. The van der Waals surface area contributed by atoms with Gasteiger partial charge in [0.25, 0.3) is 0 Å². The van der Waals surface area contributed by atoms with Crippen LogP contribution in [-0.4, -0.2) is 63.3 Å². The van der Waals surface area contributed by atoms with Gasteiger partial charge in [-0.1, -0.05) is 6.92 Å². The molecule has 0 aromatic rings. The number of carboxylic acids is 1. The van der Waals surface area contributed by atoms with Crippen molar-refractivity contribution in [2.75, 3.05) is 19.6 Å². The lowest BCUT2D eigenvalue weighted by Crippen LogP contribution is -2.57. The van der Waals surface area contributed by atoms with Crippen molar-refractivity contribution in [1.29, 1.82) is 0 Å². The Kier molecular flexibility index (Phi) is 3.99. The average molecular weight is 270 g/mol. The summed E-state index contributed by atoms with van der Waals surface area (Å²) in [5, 5.41) is 18.9. The quantitative estimate of drug-likeness (QED) is 0.781. The molecular formula is C13H22N2O4. The van der Waals surface area contributed by atoms with Gasteiger partial charge in [-0.05, 0) is 32.1 Å². The lowest BCUT2D eigenvalue weighted by molar-refractivity contribution is -0.148. The summed E-state index contributed by atoms with van der Waals surface area (Å²) in [4.78, 5) is 27.2. The molecule has 2 heterocycles. The van der Waals surface area contributed by atoms with Crippen LogP contribution >= 0.6 is 0 Å². The number of likely N-dealkylation sites (tertiary alicyclic amines) is 2. The van der Waals surface area contributed by atoms with E-state index in [-0.39, 0.29) is 12.1 Å². The zero-order valence-electron chi connectivity index (χ0n) is 11.3. The van der Waals surface area contributed by atoms with E-state index in [0.29, 0.717) is 45.3 Å². The molecule has 0 aromatic carbocycles. The van der Waals surface area contributed by atoms with Gasteiger partial charge in [-0.3, -0.25) is 0 Å². The molecule has 0 aliphatic carbocycles. The van der Waals surface area contributed by atoms with E-state index in [0.717, 1.165) is 6.42 Å². The number of carbonyl (C=O) groups excluding carboxylic acids is 1. The summed E-state index contributed by atoms with van der Waals surface area (Å²) in [6, 6.07) is -0.186. The molecule has 1 unspecified atom stereocenters. The van der Waals surface area contributed by atoms with Crippen molar-refractivity contribution in [2.45, 2.75) is 50.7 Å². The van der Waals surface area contributed by atoms with Gasteiger partial charge in [0.05, 0.1) is 6.10 Å². The monoisotopic (exact) mass is 270 g/mol. The minimum Gasteiger partial charge on any atom is -0.479 e. The molecule has 2 amide bonds. The van der Waals surface area contributed by atoms with E-state index in [9.17, 15) is 19.8 Å². The summed E-state index contributed by atoms with van der Waals surface area (Å²) < 4.78 is 0. The van der Waals surface area contributed by atoms with Crippen LogP contribution in [0.2, 0.25) is 0 Å². The Morgan fingerprint density at radius 2 is 1.89 bits per heavy atom. The Hall–Kier alpha value is -1.30. The molecule has 0 aromatic heterocycles. The van der Waals surface area contributed by atoms with Crippen LogP contribution in [0.3, 0.4) is 0 Å². The summed E-state index contributed by atoms with van der Waals surface area (Å²) in [5.74, 6) is -0.905. The number of aliphatic hydroxyl groups is 1. The Bertz CT molecular complexity index is 366. The number of aliphatic carboxylic acids is 1. The van der Waals surface area contributed by atoms with Gasteiger partial charge >= 0.3 is 12.0 Å². The van der Waals surface area contributed by atoms with E-state index in [1.54, 1.807) is 4.90 Å². The van der Waals surface area contributed by atoms with Crippen molar-refractivity contribution in [1.82, 2.24) is 9.80 Å². The second-order valence-electron chi connectivity index (χ2n) is 5.45. The topological polar surface area (TPSA) is 81.1 Å². The number of hydrogen-bond acceptors (Lipinski definition) is 3. The highest BCUT2D eigenvalue weighted by molar-refractivity contribution is 5.87. The van der Waals surface area contributed by atoms with E-state index >= 15 is 0 Å². The molecule has 19 heavy (non-hydrogen) atoms. The van der Waals surface area contributed by atoms with Crippen molar-refractivity contribution in [2.24, 2.45) is 0 Å². The smallest absolute Gasteiger partial charge is 0.329 e. The third-order valence-corrected chi connectivity index (χ3v) is 4.44.